The lowest BCUT2D eigenvalue weighted by Gasteiger charge is -2.40. The molecule has 3 saturated carbocycles. The minimum atomic E-state index is -0.386. The van der Waals surface area contributed by atoms with Crippen LogP contribution in [0, 0.1) is 40.9 Å². The van der Waals surface area contributed by atoms with Crippen molar-refractivity contribution in [3.05, 3.63) is 0 Å². The molecule has 0 spiro atoms. The third-order valence-electron chi connectivity index (χ3n) is 6.99. The Hall–Kier alpha value is -0.570. The van der Waals surface area contributed by atoms with Crippen molar-refractivity contribution in [2.24, 2.45) is 40.9 Å². The molecule has 2 bridgehead atoms. The average Bonchev–Trinajstić information content (AvgIpc) is 2.74. The summed E-state index contributed by atoms with van der Waals surface area (Å²) in [4.78, 5) is 12.5. The molecule has 4 aliphatic rings. The highest BCUT2D eigenvalue weighted by atomic mass is 16.6. The minimum absolute atomic E-state index is 0.00637. The molecule has 4 fully saturated rings. The lowest BCUT2D eigenvalue weighted by molar-refractivity contribution is -0.170. The van der Waals surface area contributed by atoms with Crippen LogP contribution in [0.1, 0.15) is 54.4 Å². The van der Waals surface area contributed by atoms with E-state index >= 15 is 0 Å². The molecule has 8 atom stereocenters. The maximum atomic E-state index is 12.5. The van der Waals surface area contributed by atoms with Crippen molar-refractivity contribution >= 4 is 5.97 Å². The third kappa shape index (κ3) is 1.93. The van der Waals surface area contributed by atoms with Gasteiger partial charge in [0.05, 0.1) is 18.1 Å². The summed E-state index contributed by atoms with van der Waals surface area (Å²) in [7, 11) is 0. The van der Waals surface area contributed by atoms with Crippen molar-refractivity contribution < 1.29 is 14.3 Å². The first-order valence-electron chi connectivity index (χ1n) is 8.99. The molecule has 0 aromatic carbocycles. The van der Waals surface area contributed by atoms with E-state index in [4.69, 9.17) is 9.47 Å². The standard InChI is InChI=1S/C19H30O3/c1-9-14-15(19(14,5)6)13-10-7-11(16(13)21-9)12(8-10)17(20)22-18(2,3)4/h9-16H,7-8H2,1-6H3. The predicted octanol–water partition coefficient (Wildman–Crippen LogP) is 3.66. The van der Waals surface area contributed by atoms with Crippen LogP contribution in [0.4, 0.5) is 0 Å². The van der Waals surface area contributed by atoms with Crippen LogP contribution in [0.15, 0.2) is 0 Å². The zero-order valence-corrected chi connectivity index (χ0v) is 14.8. The molecule has 0 N–H and O–H groups in total. The quantitative estimate of drug-likeness (QED) is 0.694. The van der Waals surface area contributed by atoms with E-state index in [2.05, 4.69) is 20.8 Å². The summed E-state index contributed by atoms with van der Waals surface area (Å²) < 4.78 is 12.1. The smallest absolute Gasteiger partial charge is 0.309 e. The van der Waals surface area contributed by atoms with Gasteiger partial charge in [-0.15, -0.1) is 0 Å². The normalized spacial score (nSPS) is 51.2. The van der Waals surface area contributed by atoms with Crippen LogP contribution in [0.25, 0.3) is 0 Å². The van der Waals surface area contributed by atoms with Gasteiger partial charge in [0, 0.05) is 0 Å². The summed E-state index contributed by atoms with van der Waals surface area (Å²) in [5, 5.41) is 0. The second kappa shape index (κ2) is 4.28. The number of ether oxygens (including phenoxy) is 2. The van der Waals surface area contributed by atoms with Gasteiger partial charge in [-0.3, -0.25) is 4.79 Å². The van der Waals surface area contributed by atoms with Crippen molar-refractivity contribution in [3.63, 3.8) is 0 Å². The van der Waals surface area contributed by atoms with Gasteiger partial charge in [-0.1, -0.05) is 13.8 Å². The number of hydrogen-bond donors (Lipinski definition) is 0. The molecular formula is C19H30O3. The highest BCUT2D eigenvalue weighted by molar-refractivity contribution is 5.74. The molecule has 0 radical (unpaired) electrons. The van der Waals surface area contributed by atoms with Gasteiger partial charge in [-0.25, -0.2) is 0 Å². The fourth-order valence-electron chi connectivity index (χ4n) is 6.36. The summed E-state index contributed by atoms with van der Waals surface area (Å²) >= 11 is 0. The van der Waals surface area contributed by atoms with Gasteiger partial charge in [0.25, 0.3) is 0 Å². The first kappa shape index (κ1) is 15.0. The van der Waals surface area contributed by atoms with Gasteiger partial charge in [-0.2, -0.15) is 0 Å². The lowest BCUT2D eigenvalue weighted by Crippen LogP contribution is -2.45. The molecule has 1 saturated heterocycles. The zero-order chi connectivity index (χ0) is 16.0. The van der Waals surface area contributed by atoms with Crippen LogP contribution in [-0.4, -0.2) is 23.8 Å². The fraction of sp³-hybridized carbons (Fsp3) is 0.947. The Morgan fingerprint density at radius 3 is 2.50 bits per heavy atom. The summed E-state index contributed by atoms with van der Waals surface area (Å²) in [5.41, 5.74) is 0.0489. The average molecular weight is 306 g/mol. The van der Waals surface area contributed by atoms with Crippen LogP contribution in [0.5, 0.6) is 0 Å². The van der Waals surface area contributed by atoms with E-state index in [1.165, 1.54) is 6.42 Å². The lowest BCUT2D eigenvalue weighted by atomic mass is 9.74. The zero-order valence-electron chi connectivity index (χ0n) is 14.8. The second-order valence-electron chi connectivity index (χ2n) is 9.79. The maximum Gasteiger partial charge on any atom is 0.309 e. The fourth-order valence-corrected chi connectivity index (χ4v) is 6.36. The molecule has 1 aliphatic heterocycles. The first-order valence-corrected chi connectivity index (χ1v) is 8.99. The van der Waals surface area contributed by atoms with E-state index in [0.29, 0.717) is 35.4 Å². The summed E-state index contributed by atoms with van der Waals surface area (Å²) in [6.07, 6.45) is 2.84. The third-order valence-corrected chi connectivity index (χ3v) is 6.99. The van der Waals surface area contributed by atoms with Crippen LogP contribution in [0.2, 0.25) is 0 Å². The first-order chi connectivity index (χ1) is 10.1. The van der Waals surface area contributed by atoms with Crippen molar-refractivity contribution in [2.45, 2.75) is 72.2 Å². The van der Waals surface area contributed by atoms with Crippen LogP contribution >= 0.6 is 0 Å². The van der Waals surface area contributed by atoms with E-state index in [-0.39, 0.29) is 17.5 Å². The summed E-state index contributed by atoms with van der Waals surface area (Å²) in [5.74, 6) is 3.38. The molecular weight excluding hydrogens is 276 g/mol. The molecule has 3 heteroatoms. The largest absolute Gasteiger partial charge is 0.460 e. The van der Waals surface area contributed by atoms with Crippen LogP contribution in [0.3, 0.4) is 0 Å². The van der Waals surface area contributed by atoms with E-state index in [1.54, 1.807) is 0 Å². The number of carbonyl (C=O) groups is 1. The van der Waals surface area contributed by atoms with E-state index in [1.807, 2.05) is 20.8 Å². The Kier molecular flexibility index (Phi) is 2.92. The number of hydrogen-bond acceptors (Lipinski definition) is 3. The van der Waals surface area contributed by atoms with Crippen molar-refractivity contribution in [1.29, 1.82) is 0 Å². The summed E-state index contributed by atoms with van der Waals surface area (Å²) in [6.45, 7) is 12.9. The molecule has 8 unspecified atom stereocenters. The van der Waals surface area contributed by atoms with Gasteiger partial charge >= 0.3 is 5.97 Å². The Morgan fingerprint density at radius 2 is 1.86 bits per heavy atom. The van der Waals surface area contributed by atoms with Crippen molar-refractivity contribution in [2.75, 3.05) is 0 Å². The van der Waals surface area contributed by atoms with Gasteiger partial charge in [0.15, 0.2) is 0 Å². The molecule has 1 heterocycles. The number of rotatable bonds is 1. The Labute approximate surface area is 134 Å². The molecule has 4 rings (SSSR count). The Morgan fingerprint density at radius 1 is 1.18 bits per heavy atom. The monoisotopic (exact) mass is 306 g/mol. The number of fused-ring (bicyclic) bond motifs is 7. The van der Waals surface area contributed by atoms with Gasteiger partial charge in [-0.05, 0) is 75.5 Å². The van der Waals surface area contributed by atoms with Crippen molar-refractivity contribution in [1.82, 2.24) is 0 Å². The van der Waals surface area contributed by atoms with Gasteiger partial charge in [0.1, 0.15) is 5.60 Å². The van der Waals surface area contributed by atoms with Crippen molar-refractivity contribution in [3.8, 4) is 0 Å². The molecule has 124 valence electrons. The molecule has 0 aromatic heterocycles. The van der Waals surface area contributed by atoms with Crippen LogP contribution < -0.4 is 0 Å². The molecule has 0 aromatic rings. The van der Waals surface area contributed by atoms with Gasteiger partial charge < -0.3 is 9.47 Å². The highest BCUT2D eigenvalue weighted by Gasteiger charge is 2.73. The molecule has 3 nitrogen and oxygen atoms in total. The van der Waals surface area contributed by atoms with Crippen LogP contribution in [-0.2, 0) is 14.3 Å². The second-order valence-corrected chi connectivity index (χ2v) is 9.79. The van der Waals surface area contributed by atoms with E-state index in [9.17, 15) is 4.79 Å². The van der Waals surface area contributed by atoms with E-state index in [0.717, 1.165) is 18.3 Å². The Bertz CT molecular complexity index is 503. The number of esters is 1. The molecule has 3 aliphatic carbocycles. The maximum absolute atomic E-state index is 12.5. The Balaban J connectivity index is 1.53. The highest BCUT2D eigenvalue weighted by Crippen LogP contribution is 2.73. The van der Waals surface area contributed by atoms with Gasteiger partial charge in [0.2, 0.25) is 0 Å². The SMILES string of the molecule is CC1OC2C3CC(CC3C(=O)OC(C)(C)C)C2C2C1C2(C)C. The topological polar surface area (TPSA) is 35.5 Å². The number of carbonyl (C=O) groups excluding carboxylic acids is 1. The summed E-state index contributed by atoms with van der Waals surface area (Å²) in [6, 6.07) is 0. The van der Waals surface area contributed by atoms with E-state index < -0.39 is 0 Å². The molecule has 22 heavy (non-hydrogen) atoms. The minimum Gasteiger partial charge on any atom is -0.460 e. The molecule has 0 amide bonds. The predicted molar refractivity (Wildman–Crippen MR) is 84.1 cm³/mol.